The smallest absolute Gasteiger partial charge is 0.255 e. The van der Waals surface area contributed by atoms with Gasteiger partial charge in [-0.15, -0.1) is 0 Å². The number of rotatable bonds is 3. The number of benzene rings is 2. The lowest BCUT2D eigenvalue weighted by Gasteiger charge is -2.11. The molecule has 4 nitrogen and oxygen atoms in total. The molecule has 2 rings (SSSR count). The molecule has 1 amide bonds. The highest BCUT2D eigenvalue weighted by Crippen LogP contribution is 2.27. The minimum Gasteiger partial charge on any atom is -0.497 e. The zero-order chi connectivity index (χ0) is 14.7. The molecule has 0 aromatic heterocycles. The van der Waals surface area contributed by atoms with Crippen LogP contribution < -0.4 is 15.8 Å². The molecule has 104 valence electrons. The van der Waals surface area contributed by atoms with Gasteiger partial charge >= 0.3 is 0 Å². The number of aryl methyl sites for hydroxylation is 1. The van der Waals surface area contributed by atoms with Gasteiger partial charge in [-0.25, -0.2) is 0 Å². The summed E-state index contributed by atoms with van der Waals surface area (Å²) >= 11 is 6.04. The molecule has 0 spiro atoms. The number of hydrogen-bond acceptors (Lipinski definition) is 3. The highest BCUT2D eigenvalue weighted by Gasteiger charge is 2.10. The summed E-state index contributed by atoms with van der Waals surface area (Å²) in [5.41, 5.74) is 8.19. The van der Waals surface area contributed by atoms with Crippen molar-refractivity contribution in [3.05, 3.63) is 52.5 Å². The Bertz CT molecular complexity index is 656. The standard InChI is InChI=1S/C15H15ClN2O2/c1-9-6-13(17)14(8-12(9)16)18-15(19)10-4-3-5-11(7-10)20-2/h3-8H,17H2,1-2H3,(H,18,19). The van der Waals surface area contributed by atoms with E-state index in [9.17, 15) is 4.79 Å². The number of anilines is 2. The second-order valence-electron chi connectivity index (χ2n) is 4.37. The van der Waals surface area contributed by atoms with Gasteiger partial charge in [-0.05, 0) is 42.8 Å². The molecule has 0 aliphatic carbocycles. The van der Waals surface area contributed by atoms with Crippen molar-refractivity contribution in [3.8, 4) is 5.75 Å². The quantitative estimate of drug-likeness (QED) is 0.851. The molecule has 0 fully saturated rings. The second kappa shape index (κ2) is 5.84. The number of carbonyl (C=O) groups is 1. The maximum atomic E-state index is 12.2. The SMILES string of the molecule is COc1cccc(C(=O)Nc2cc(Cl)c(C)cc2N)c1. The Hall–Kier alpha value is -2.20. The summed E-state index contributed by atoms with van der Waals surface area (Å²) in [7, 11) is 1.55. The van der Waals surface area contributed by atoms with Gasteiger partial charge in [0.25, 0.3) is 5.91 Å². The monoisotopic (exact) mass is 290 g/mol. The predicted octanol–water partition coefficient (Wildman–Crippen LogP) is 3.49. The van der Waals surface area contributed by atoms with Crippen LogP contribution in [0.15, 0.2) is 36.4 Å². The van der Waals surface area contributed by atoms with E-state index < -0.39 is 0 Å². The van der Waals surface area contributed by atoms with Crippen LogP contribution in [0.25, 0.3) is 0 Å². The lowest BCUT2D eigenvalue weighted by molar-refractivity contribution is 0.102. The van der Waals surface area contributed by atoms with Crippen LogP contribution in [-0.4, -0.2) is 13.0 Å². The van der Waals surface area contributed by atoms with Crippen molar-refractivity contribution in [2.45, 2.75) is 6.92 Å². The molecule has 0 aliphatic heterocycles. The van der Waals surface area contributed by atoms with Gasteiger partial charge in [0.05, 0.1) is 18.5 Å². The summed E-state index contributed by atoms with van der Waals surface area (Å²) in [6, 6.07) is 10.2. The Labute approximate surface area is 122 Å². The average molecular weight is 291 g/mol. The number of carbonyl (C=O) groups excluding carboxylic acids is 1. The molecule has 0 aliphatic rings. The normalized spacial score (nSPS) is 10.2. The van der Waals surface area contributed by atoms with Gasteiger partial charge in [-0.3, -0.25) is 4.79 Å². The second-order valence-corrected chi connectivity index (χ2v) is 4.78. The van der Waals surface area contributed by atoms with Crippen molar-refractivity contribution < 1.29 is 9.53 Å². The van der Waals surface area contributed by atoms with Gasteiger partial charge in [0.15, 0.2) is 0 Å². The van der Waals surface area contributed by atoms with Gasteiger partial charge in [-0.2, -0.15) is 0 Å². The minimum atomic E-state index is -0.268. The number of hydrogen-bond donors (Lipinski definition) is 2. The summed E-state index contributed by atoms with van der Waals surface area (Å²) < 4.78 is 5.09. The Morgan fingerprint density at radius 3 is 2.75 bits per heavy atom. The van der Waals surface area contributed by atoms with Crippen molar-refractivity contribution >= 4 is 28.9 Å². The number of nitrogens with two attached hydrogens (primary N) is 1. The first-order valence-electron chi connectivity index (χ1n) is 6.02. The largest absolute Gasteiger partial charge is 0.497 e. The van der Waals surface area contributed by atoms with E-state index in [2.05, 4.69) is 5.32 Å². The fraction of sp³-hybridized carbons (Fsp3) is 0.133. The van der Waals surface area contributed by atoms with Gasteiger partial charge in [0.2, 0.25) is 0 Å². The first-order chi connectivity index (χ1) is 9.51. The number of nitrogen functional groups attached to an aromatic ring is 1. The summed E-state index contributed by atoms with van der Waals surface area (Å²) in [4.78, 5) is 12.2. The van der Waals surface area contributed by atoms with Crippen LogP contribution in [0, 0.1) is 6.92 Å². The van der Waals surface area contributed by atoms with Crippen LogP contribution in [-0.2, 0) is 0 Å². The van der Waals surface area contributed by atoms with E-state index in [4.69, 9.17) is 22.1 Å². The Balaban J connectivity index is 2.25. The molecule has 2 aromatic carbocycles. The van der Waals surface area contributed by atoms with Crippen molar-refractivity contribution in [1.29, 1.82) is 0 Å². The van der Waals surface area contributed by atoms with Crippen molar-refractivity contribution in [3.63, 3.8) is 0 Å². The van der Waals surface area contributed by atoms with Crippen molar-refractivity contribution in [1.82, 2.24) is 0 Å². The van der Waals surface area contributed by atoms with E-state index in [1.807, 2.05) is 6.92 Å². The molecule has 0 bridgehead atoms. The number of ether oxygens (including phenoxy) is 1. The number of amides is 1. The number of halogens is 1. The molecule has 5 heteroatoms. The molecule has 2 aromatic rings. The van der Waals surface area contributed by atoms with Gasteiger partial charge in [0.1, 0.15) is 5.75 Å². The van der Waals surface area contributed by atoms with Crippen LogP contribution in [0.3, 0.4) is 0 Å². The fourth-order valence-electron chi connectivity index (χ4n) is 1.77. The highest BCUT2D eigenvalue weighted by molar-refractivity contribution is 6.32. The Kier molecular flexibility index (Phi) is 4.15. The average Bonchev–Trinajstić information content (AvgIpc) is 2.44. The molecular formula is C15H15ClN2O2. The third-order valence-electron chi connectivity index (χ3n) is 2.91. The number of methoxy groups -OCH3 is 1. The van der Waals surface area contributed by atoms with Crippen LogP contribution >= 0.6 is 11.6 Å². The van der Waals surface area contributed by atoms with E-state index in [0.717, 1.165) is 5.56 Å². The Morgan fingerprint density at radius 1 is 1.30 bits per heavy atom. The lowest BCUT2D eigenvalue weighted by atomic mass is 10.1. The molecule has 20 heavy (non-hydrogen) atoms. The number of nitrogens with one attached hydrogen (secondary N) is 1. The molecule has 0 saturated carbocycles. The summed E-state index contributed by atoms with van der Waals surface area (Å²) in [5, 5.41) is 3.30. The minimum absolute atomic E-state index is 0.268. The molecule has 0 atom stereocenters. The van der Waals surface area contributed by atoms with Gasteiger partial charge in [-0.1, -0.05) is 17.7 Å². The van der Waals surface area contributed by atoms with E-state index in [1.54, 1.807) is 43.5 Å². The molecule has 0 heterocycles. The van der Waals surface area contributed by atoms with E-state index in [1.165, 1.54) is 0 Å². The van der Waals surface area contributed by atoms with Crippen molar-refractivity contribution in [2.24, 2.45) is 0 Å². The maximum absolute atomic E-state index is 12.2. The molecule has 0 saturated heterocycles. The first-order valence-corrected chi connectivity index (χ1v) is 6.40. The van der Waals surface area contributed by atoms with Crippen molar-refractivity contribution in [2.75, 3.05) is 18.2 Å². The van der Waals surface area contributed by atoms with Gasteiger partial charge < -0.3 is 15.8 Å². The third-order valence-corrected chi connectivity index (χ3v) is 3.32. The van der Waals surface area contributed by atoms with Crippen LogP contribution in [0.2, 0.25) is 5.02 Å². The molecule has 0 radical (unpaired) electrons. The highest BCUT2D eigenvalue weighted by atomic mass is 35.5. The van der Waals surface area contributed by atoms with E-state index >= 15 is 0 Å². The maximum Gasteiger partial charge on any atom is 0.255 e. The first kappa shape index (κ1) is 14.2. The van der Waals surface area contributed by atoms with Gasteiger partial charge in [0, 0.05) is 10.6 Å². The fourth-order valence-corrected chi connectivity index (χ4v) is 1.93. The van der Waals surface area contributed by atoms with Crippen LogP contribution in [0.1, 0.15) is 15.9 Å². The third kappa shape index (κ3) is 3.03. The zero-order valence-corrected chi connectivity index (χ0v) is 12.0. The molecule has 3 N–H and O–H groups in total. The summed E-state index contributed by atoms with van der Waals surface area (Å²) in [6.45, 7) is 1.85. The summed E-state index contributed by atoms with van der Waals surface area (Å²) in [6.07, 6.45) is 0. The topological polar surface area (TPSA) is 64.3 Å². The van der Waals surface area contributed by atoms with E-state index in [0.29, 0.717) is 27.7 Å². The predicted molar refractivity (Wildman–Crippen MR) is 81.5 cm³/mol. The zero-order valence-electron chi connectivity index (χ0n) is 11.2. The van der Waals surface area contributed by atoms with Crippen LogP contribution in [0.5, 0.6) is 5.75 Å². The van der Waals surface area contributed by atoms with E-state index in [-0.39, 0.29) is 5.91 Å². The molecule has 0 unspecified atom stereocenters. The molecular weight excluding hydrogens is 276 g/mol. The Morgan fingerprint density at radius 2 is 2.05 bits per heavy atom. The lowest BCUT2D eigenvalue weighted by Crippen LogP contribution is -2.13. The van der Waals surface area contributed by atoms with Crippen LogP contribution in [0.4, 0.5) is 11.4 Å². The summed E-state index contributed by atoms with van der Waals surface area (Å²) in [5.74, 6) is 0.350.